The highest BCUT2D eigenvalue weighted by atomic mass is 19.4. The molecule has 2 aromatic heterocycles. The number of methoxy groups -OCH3 is 1. The monoisotopic (exact) mass is 379 g/mol. The summed E-state index contributed by atoms with van der Waals surface area (Å²) in [6.07, 6.45) is -1.62. The SMILES string of the molecule is COc1cccc(Cn2cc(NC(=O)c3cc(C(F)(F)F)nn3C)cn2)c1. The lowest BCUT2D eigenvalue weighted by Crippen LogP contribution is -2.15. The molecule has 0 fully saturated rings. The molecule has 27 heavy (non-hydrogen) atoms. The van der Waals surface area contributed by atoms with Crippen molar-refractivity contribution in [2.24, 2.45) is 7.05 Å². The largest absolute Gasteiger partial charge is 0.497 e. The highest BCUT2D eigenvalue weighted by Gasteiger charge is 2.35. The lowest BCUT2D eigenvalue weighted by Gasteiger charge is -2.05. The molecule has 0 aliphatic carbocycles. The molecule has 0 aliphatic heterocycles. The van der Waals surface area contributed by atoms with Crippen molar-refractivity contribution in [3.8, 4) is 5.75 Å². The van der Waals surface area contributed by atoms with Crippen molar-refractivity contribution in [3.05, 3.63) is 59.7 Å². The van der Waals surface area contributed by atoms with Crippen LogP contribution in [-0.4, -0.2) is 32.6 Å². The first kappa shape index (κ1) is 18.5. The van der Waals surface area contributed by atoms with Crippen molar-refractivity contribution in [2.75, 3.05) is 12.4 Å². The normalized spacial score (nSPS) is 11.4. The van der Waals surface area contributed by atoms with Crippen molar-refractivity contribution in [3.63, 3.8) is 0 Å². The minimum Gasteiger partial charge on any atom is -0.497 e. The summed E-state index contributed by atoms with van der Waals surface area (Å²) >= 11 is 0. The highest BCUT2D eigenvalue weighted by Crippen LogP contribution is 2.28. The number of anilines is 1. The molecule has 1 amide bonds. The number of ether oxygens (including phenoxy) is 1. The summed E-state index contributed by atoms with van der Waals surface area (Å²) in [5.41, 5.74) is -0.0267. The van der Waals surface area contributed by atoms with E-state index in [9.17, 15) is 18.0 Å². The van der Waals surface area contributed by atoms with Crippen LogP contribution in [0.5, 0.6) is 5.75 Å². The number of hydrogen-bond donors (Lipinski definition) is 1. The zero-order valence-electron chi connectivity index (χ0n) is 14.5. The maximum Gasteiger partial charge on any atom is 0.435 e. The number of hydrogen-bond acceptors (Lipinski definition) is 4. The van der Waals surface area contributed by atoms with Crippen LogP contribution in [-0.2, 0) is 19.8 Å². The number of nitrogens with zero attached hydrogens (tertiary/aromatic N) is 4. The van der Waals surface area contributed by atoms with E-state index < -0.39 is 17.8 Å². The molecule has 0 saturated heterocycles. The van der Waals surface area contributed by atoms with Crippen molar-refractivity contribution in [1.29, 1.82) is 0 Å². The number of nitrogens with one attached hydrogen (secondary N) is 1. The molecule has 10 heteroatoms. The predicted octanol–water partition coefficient (Wildman–Crippen LogP) is 2.94. The zero-order valence-corrected chi connectivity index (χ0v) is 14.5. The third-order valence-electron chi connectivity index (χ3n) is 3.77. The fourth-order valence-corrected chi connectivity index (χ4v) is 2.49. The van der Waals surface area contributed by atoms with Gasteiger partial charge in [0.2, 0.25) is 0 Å². The van der Waals surface area contributed by atoms with E-state index in [0.717, 1.165) is 10.2 Å². The first-order chi connectivity index (χ1) is 12.8. The van der Waals surface area contributed by atoms with Crippen molar-refractivity contribution in [2.45, 2.75) is 12.7 Å². The van der Waals surface area contributed by atoms with Gasteiger partial charge in [0.1, 0.15) is 11.4 Å². The highest BCUT2D eigenvalue weighted by molar-refractivity contribution is 6.03. The molecule has 7 nitrogen and oxygen atoms in total. The Kier molecular flexibility index (Phi) is 4.89. The standard InChI is InChI=1S/C17H16F3N5O2/c1-24-14(7-15(23-24)17(18,19)20)16(26)22-12-8-21-25(10-12)9-11-4-3-5-13(6-11)27-2/h3-8,10H,9H2,1-2H3,(H,22,26). The molecule has 0 spiro atoms. The maximum absolute atomic E-state index is 12.7. The number of amides is 1. The molecule has 2 heterocycles. The van der Waals surface area contributed by atoms with Gasteiger partial charge < -0.3 is 10.1 Å². The molecule has 3 rings (SSSR count). The molecule has 1 aromatic carbocycles. The number of alkyl halides is 3. The van der Waals surface area contributed by atoms with Crippen molar-refractivity contribution in [1.82, 2.24) is 19.6 Å². The van der Waals surface area contributed by atoms with E-state index >= 15 is 0 Å². The molecule has 142 valence electrons. The van der Waals surface area contributed by atoms with Crippen LogP contribution in [0.1, 0.15) is 21.7 Å². The number of rotatable bonds is 5. The van der Waals surface area contributed by atoms with Crippen LogP contribution in [0.2, 0.25) is 0 Å². The van der Waals surface area contributed by atoms with Gasteiger partial charge in [0.15, 0.2) is 5.69 Å². The van der Waals surface area contributed by atoms with E-state index in [0.29, 0.717) is 24.0 Å². The molecule has 0 saturated carbocycles. The summed E-state index contributed by atoms with van der Waals surface area (Å²) in [5, 5.41) is 9.98. The van der Waals surface area contributed by atoms with Crippen molar-refractivity contribution >= 4 is 11.6 Å². The number of aryl methyl sites for hydroxylation is 1. The van der Waals surface area contributed by atoms with Gasteiger partial charge in [0.05, 0.1) is 25.5 Å². The van der Waals surface area contributed by atoms with Crippen LogP contribution in [0.4, 0.5) is 18.9 Å². The Hall–Kier alpha value is -3.30. The van der Waals surface area contributed by atoms with Gasteiger partial charge in [-0.25, -0.2) is 0 Å². The van der Waals surface area contributed by atoms with Gasteiger partial charge in [-0.05, 0) is 17.7 Å². The van der Waals surface area contributed by atoms with Gasteiger partial charge in [-0.15, -0.1) is 0 Å². The van der Waals surface area contributed by atoms with Gasteiger partial charge in [0.25, 0.3) is 5.91 Å². The van der Waals surface area contributed by atoms with Gasteiger partial charge in [-0.3, -0.25) is 14.2 Å². The van der Waals surface area contributed by atoms with E-state index in [1.54, 1.807) is 18.0 Å². The fourth-order valence-electron chi connectivity index (χ4n) is 2.49. The fraction of sp³-hybridized carbons (Fsp3) is 0.235. The number of carbonyl (C=O) groups is 1. The Bertz CT molecular complexity index is 962. The lowest BCUT2D eigenvalue weighted by atomic mass is 10.2. The molecule has 0 bridgehead atoms. The zero-order chi connectivity index (χ0) is 19.6. The van der Waals surface area contributed by atoms with E-state index in [-0.39, 0.29) is 5.69 Å². The minimum atomic E-state index is -4.61. The van der Waals surface area contributed by atoms with Gasteiger partial charge in [-0.1, -0.05) is 12.1 Å². The molecule has 0 atom stereocenters. The Morgan fingerprint density at radius 1 is 1.30 bits per heavy atom. The summed E-state index contributed by atoms with van der Waals surface area (Å²) in [7, 11) is 2.85. The second-order valence-corrected chi connectivity index (χ2v) is 5.77. The lowest BCUT2D eigenvalue weighted by molar-refractivity contribution is -0.141. The molecule has 0 unspecified atom stereocenters. The summed E-state index contributed by atoms with van der Waals surface area (Å²) in [6.45, 7) is 0.441. The summed E-state index contributed by atoms with van der Waals surface area (Å²) < 4.78 is 45.8. The number of halogens is 3. The number of benzene rings is 1. The smallest absolute Gasteiger partial charge is 0.435 e. The summed E-state index contributed by atoms with van der Waals surface area (Å²) in [6, 6.07) is 8.13. The topological polar surface area (TPSA) is 74.0 Å². The van der Waals surface area contributed by atoms with Crippen LogP contribution < -0.4 is 10.1 Å². The average Bonchev–Trinajstić information content (AvgIpc) is 3.21. The number of aromatic nitrogens is 4. The first-order valence-electron chi connectivity index (χ1n) is 7.84. The van der Waals surface area contributed by atoms with Gasteiger partial charge in [-0.2, -0.15) is 23.4 Å². The van der Waals surface area contributed by atoms with E-state index in [1.807, 2.05) is 24.3 Å². The molecule has 0 radical (unpaired) electrons. The van der Waals surface area contributed by atoms with Crippen molar-refractivity contribution < 1.29 is 22.7 Å². The Labute approximate surface area is 152 Å². The Balaban J connectivity index is 1.70. The van der Waals surface area contributed by atoms with E-state index in [4.69, 9.17) is 4.74 Å². The third kappa shape index (κ3) is 4.27. The maximum atomic E-state index is 12.7. The van der Waals surface area contributed by atoms with Crippen LogP contribution in [0, 0.1) is 0 Å². The minimum absolute atomic E-state index is 0.206. The molecular weight excluding hydrogens is 363 g/mol. The molecular formula is C17H16F3N5O2. The van der Waals surface area contributed by atoms with Crippen LogP contribution in [0.3, 0.4) is 0 Å². The Morgan fingerprint density at radius 3 is 2.74 bits per heavy atom. The second-order valence-electron chi connectivity index (χ2n) is 5.77. The summed E-state index contributed by atoms with van der Waals surface area (Å²) in [4.78, 5) is 12.2. The number of carbonyl (C=O) groups excluding carboxylic acids is 1. The van der Waals surface area contributed by atoms with Crippen LogP contribution in [0.15, 0.2) is 42.7 Å². The molecule has 1 N–H and O–H groups in total. The Morgan fingerprint density at radius 2 is 2.07 bits per heavy atom. The van der Waals surface area contributed by atoms with E-state index in [2.05, 4.69) is 15.5 Å². The molecule has 3 aromatic rings. The van der Waals surface area contributed by atoms with Crippen LogP contribution >= 0.6 is 0 Å². The quantitative estimate of drug-likeness (QED) is 0.740. The predicted molar refractivity (Wildman–Crippen MR) is 90.5 cm³/mol. The second kappa shape index (κ2) is 7.14. The first-order valence-corrected chi connectivity index (χ1v) is 7.84. The van der Waals surface area contributed by atoms with Gasteiger partial charge >= 0.3 is 6.18 Å². The van der Waals surface area contributed by atoms with Gasteiger partial charge in [0, 0.05) is 19.3 Å². The van der Waals surface area contributed by atoms with Crippen LogP contribution in [0.25, 0.3) is 0 Å². The average molecular weight is 379 g/mol. The summed E-state index contributed by atoms with van der Waals surface area (Å²) in [5.74, 6) is 0.00582. The third-order valence-corrected chi connectivity index (χ3v) is 3.77. The van der Waals surface area contributed by atoms with E-state index in [1.165, 1.54) is 13.2 Å². The molecule has 0 aliphatic rings.